The van der Waals surface area contributed by atoms with Crippen LogP contribution in [0.25, 0.3) is 10.2 Å². The Morgan fingerprint density at radius 3 is 2.65 bits per heavy atom. The summed E-state index contributed by atoms with van der Waals surface area (Å²) in [7, 11) is 0. The van der Waals surface area contributed by atoms with Crippen molar-refractivity contribution in [3.63, 3.8) is 0 Å². The summed E-state index contributed by atoms with van der Waals surface area (Å²) in [5.41, 5.74) is 5.10. The molecule has 1 heterocycles. The van der Waals surface area contributed by atoms with Crippen LogP contribution >= 0.6 is 11.3 Å². The van der Waals surface area contributed by atoms with Gasteiger partial charge in [-0.3, -0.25) is 9.36 Å². The predicted molar refractivity (Wildman–Crippen MR) is 60.1 cm³/mol. The fourth-order valence-electron chi connectivity index (χ4n) is 1.58. The van der Waals surface area contributed by atoms with Crippen LogP contribution in [0.15, 0.2) is 23.0 Å². The zero-order valence-corrected chi connectivity index (χ0v) is 9.44. The van der Waals surface area contributed by atoms with Crippen molar-refractivity contribution in [1.29, 1.82) is 0 Å². The SMILES string of the molecule is NCCn1c(=O)sc2cc(C(F)(F)F)ccc21. The van der Waals surface area contributed by atoms with E-state index >= 15 is 0 Å². The maximum atomic E-state index is 12.5. The van der Waals surface area contributed by atoms with Crippen molar-refractivity contribution in [1.82, 2.24) is 4.57 Å². The number of halogens is 3. The second-order valence-electron chi connectivity index (χ2n) is 3.49. The first-order valence-corrected chi connectivity index (χ1v) is 5.66. The molecule has 92 valence electrons. The minimum absolute atomic E-state index is 0.271. The standard InChI is InChI=1S/C10H9F3N2OS/c11-10(12,13)6-1-2-7-8(5-6)17-9(16)15(7)4-3-14/h1-2,5H,3-4,14H2. The van der Waals surface area contributed by atoms with E-state index in [0.29, 0.717) is 16.8 Å². The van der Waals surface area contributed by atoms with Crippen LogP contribution in [0.4, 0.5) is 13.2 Å². The largest absolute Gasteiger partial charge is 0.416 e. The van der Waals surface area contributed by atoms with E-state index in [2.05, 4.69) is 0 Å². The summed E-state index contributed by atoms with van der Waals surface area (Å²) in [6.07, 6.45) is -4.39. The lowest BCUT2D eigenvalue weighted by atomic mass is 10.2. The Morgan fingerprint density at radius 2 is 2.06 bits per heavy atom. The van der Waals surface area contributed by atoms with E-state index in [1.54, 1.807) is 0 Å². The van der Waals surface area contributed by atoms with E-state index < -0.39 is 11.7 Å². The molecule has 0 spiro atoms. The molecule has 0 atom stereocenters. The summed E-state index contributed by atoms with van der Waals surface area (Å²) in [6, 6.07) is 3.28. The Morgan fingerprint density at radius 1 is 1.35 bits per heavy atom. The molecule has 0 aliphatic rings. The van der Waals surface area contributed by atoms with Gasteiger partial charge in [0.05, 0.1) is 15.8 Å². The molecule has 2 N–H and O–H groups in total. The summed E-state index contributed by atoms with van der Waals surface area (Å²) < 4.78 is 39.1. The number of fused-ring (bicyclic) bond motifs is 1. The van der Waals surface area contributed by atoms with Crippen LogP contribution in [0.1, 0.15) is 5.56 Å². The number of rotatable bonds is 2. The highest BCUT2D eigenvalue weighted by Crippen LogP contribution is 2.32. The first-order valence-electron chi connectivity index (χ1n) is 4.84. The topological polar surface area (TPSA) is 48.0 Å². The van der Waals surface area contributed by atoms with Gasteiger partial charge < -0.3 is 5.73 Å². The van der Waals surface area contributed by atoms with Crippen molar-refractivity contribution in [2.75, 3.05) is 6.54 Å². The Bertz CT molecular complexity index is 600. The van der Waals surface area contributed by atoms with Gasteiger partial charge in [0.15, 0.2) is 0 Å². The highest BCUT2D eigenvalue weighted by molar-refractivity contribution is 7.16. The van der Waals surface area contributed by atoms with Crippen molar-refractivity contribution in [3.05, 3.63) is 33.4 Å². The van der Waals surface area contributed by atoms with Gasteiger partial charge in [-0.15, -0.1) is 0 Å². The predicted octanol–water partition coefficient (Wildman–Crippen LogP) is 2.04. The highest BCUT2D eigenvalue weighted by Gasteiger charge is 2.30. The summed E-state index contributed by atoms with van der Waals surface area (Å²) in [5, 5.41) is 0. The lowest BCUT2D eigenvalue weighted by Gasteiger charge is -2.06. The van der Waals surface area contributed by atoms with Gasteiger partial charge in [-0.1, -0.05) is 11.3 Å². The molecule has 0 saturated carbocycles. The van der Waals surface area contributed by atoms with Gasteiger partial charge in [-0.2, -0.15) is 13.2 Å². The third kappa shape index (κ3) is 2.20. The summed E-state index contributed by atoms with van der Waals surface area (Å²) in [6.45, 7) is 0.580. The molecule has 17 heavy (non-hydrogen) atoms. The molecule has 0 fully saturated rings. The summed E-state index contributed by atoms with van der Waals surface area (Å²) in [5.74, 6) is 0. The van der Waals surface area contributed by atoms with Crippen LogP contribution in [0, 0.1) is 0 Å². The molecule has 0 bridgehead atoms. The highest BCUT2D eigenvalue weighted by atomic mass is 32.1. The van der Waals surface area contributed by atoms with Gasteiger partial charge >= 0.3 is 11.0 Å². The van der Waals surface area contributed by atoms with Crippen LogP contribution < -0.4 is 10.6 Å². The van der Waals surface area contributed by atoms with Crippen LogP contribution in [0.3, 0.4) is 0 Å². The van der Waals surface area contributed by atoms with Crippen molar-refractivity contribution in [2.24, 2.45) is 5.73 Å². The Kier molecular flexibility index (Phi) is 2.96. The molecule has 0 unspecified atom stereocenters. The number of aromatic nitrogens is 1. The quantitative estimate of drug-likeness (QED) is 0.900. The van der Waals surface area contributed by atoms with Gasteiger partial charge in [-0.25, -0.2) is 0 Å². The third-order valence-electron chi connectivity index (χ3n) is 2.35. The molecule has 3 nitrogen and oxygen atoms in total. The second-order valence-corrected chi connectivity index (χ2v) is 4.48. The van der Waals surface area contributed by atoms with Crippen LogP contribution in [-0.2, 0) is 12.7 Å². The van der Waals surface area contributed by atoms with Crippen LogP contribution in [-0.4, -0.2) is 11.1 Å². The molecule has 2 aromatic rings. The van der Waals surface area contributed by atoms with Crippen molar-refractivity contribution >= 4 is 21.6 Å². The minimum Gasteiger partial charge on any atom is -0.329 e. The molecular weight excluding hydrogens is 253 g/mol. The maximum absolute atomic E-state index is 12.5. The van der Waals surface area contributed by atoms with Crippen molar-refractivity contribution in [2.45, 2.75) is 12.7 Å². The van der Waals surface area contributed by atoms with Crippen LogP contribution in [0.2, 0.25) is 0 Å². The summed E-state index contributed by atoms with van der Waals surface area (Å²) in [4.78, 5) is 11.2. The van der Waals surface area contributed by atoms with Gasteiger partial charge in [0, 0.05) is 13.1 Å². The van der Waals surface area contributed by atoms with Gasteiger partial charge in [0.2, 0.25) is 0 Å². The molecule has 0 saturated heterocycles. The number of hydrogen-bond donors (Lipinski definition) is 1. The third-order valence-corrected chi connectivity index (χ3v) is 3.29. The molecule has 1 aromatic carbocycles. The Labute approximate surface area is 98.3 Å². The molecule has 0 aliphatic heterocycles. The monoisotopic (exact) mass is 262 g/mol. The number of nitrogens with two attached hydrogens (primary N) is 1. The van der Waals surface area contributed by atoms with E-state index in [-0.39, 0.29) is 11.4 Å². The summed E-state index contributed by atoms with van der Waals surface area (Å²) >= 11 is 0.801. The fraction of sp³-hybridized carbons (Fsp3) is 0.300. The Hall–Kier alpha value is -1.34. The zero-order valence-electron chi connectivity index (χ0n) is 8.62. The molecule has 0 radical (unpaired) electrons. The maximum Gasteiger partial charge on any atom is 0.416 e. The first-order chi connectivity index (χ1) is 7.93. The van der Waals surface area contributed by atoms with Gasteiger partial charge in [0.25, 0.3) is 0 Å². The normalized spacial score (nSPS) is 12.2. The van der Waals surface area contributed by atoms with Crippen LogP contribution in [0.5, 0.6) is 0 Å². The number of thiazole rings is 1. The van der Waals surface area contributed by atoms with Crippen molar-refractivity contribution < 1.29 is 13.2 Å². The molecular formula is C10H9F3N2OS. The van der Waals surface area contributed by atoms with Gasteiger partial charge in [0.1, 0.15) is 0 Å². The van der Waals surface area contributed by atoms with E-state index in [4.69, 9.17) is 5.73 Å². The average molecular weight is 262 g/mol. The number of benzene rings is 1. The molecule has 2 rings (SSSR count). The second kappa shape index (κ2) is 4.15. The average Bonchev–Trinajstić information content (AvgIpc) is 2.54. The molecule has 0 aliphatic carbocycles. The molecule has 0 amide bonds. The molecule has 7 heteroatoms. The lowest BCUT2D eigenvalue weighted by Crippen LogP contribution is -2.18. The minimum atomic E-state index is -4.39. The van der Waals surface area contributed by atoms with Gasteiger partial charge in [-0.05, 0) is 18.2 Å². The van der Waals surface area contributed by atoms with E-state index in [0.717, 1.165) is 23.5 Å². The van der Waals surface area contributed by atoms with E-state index in [9.17, 15) is 18.0 Å². The van der Waals surface area contributed by atoms with Crippen molar-refractivity contribution in [3.8, 4) is 0 Å². The molecule has 1 aromatic heterocycles. The number of hydrogen-bond acceptors (Lipinski definition) is 3. The zero-order chi connectivity index (χ0) is 12.6. The Balaban J connectivity index is 2.62. The van der Waals surface area contributed by atoms with E-state index in [1.807, 2.05) is 0 Å². The number of alkyl halides is 3. The lowest BCUT2D eigenvalue weighted by molar-refractivity contribution is -0.137. The number of nitrogens with zero attached hydrogens (tertiary/aromatic N) is 1. The smallest absolute Gasteiger partial charge is 0.329 e. The van der Waals surface area contributed by atoms with E-state index in [1.165, 1.54) is 10.6 Å². The fourth-order valence-corrected chi connectivity index (χ4v) is 2.54. The first kappa shape index (κ1) is 12.1.